The fourth-order valence-corrected chi connectivity index (χ4v) is 0. The minimum atomic E-state index is -3.73. The van der Waals surface area contributed by atoms with Crippen LogP contribution in [0.2, 0.25) is 0 Å². The second kappa shape index (κ2) is 2.05. The van der Waals surface area contributed by atoms with E-state index in [-0.39, 0.29) is 0 Å². The van der Waals surface area contributed by atoms with E-state index in [1.165, 1.54) is 0 Å². The summed E-state index contributed by atoms with van der Waals surface area (Å²) in [5, 5.41) is 0. The van der Waals surface area contributed by atoms with Gasteiger partial charge in [0.05, 0.1) is 0 Å². The van der Waals surface area contributed by atoms with Crippen LogP contribution in [0.5, 0.6) is 0 Å². The Morgan fingerprint density at radius 2 is 1.29 bits per heavy atom. The molecule has 0 bridgehead atoms. The van der Waals surface area contributed by atoms with Crippen LogP contribution in [0, 0.1) is 0 Å². The zero-order valence-corrected chi connectivity index (χ0v) is 5.42. The molecule has 0 heterocycles. The van der Waals surface area contributed by atoms with Crippen molar-refractivity contribution in [1.82, 2.24) is 0 Å². The molecule has 0 saturated carbocycles. The third-order valence-electron chi connectivity index (χ3n) is 0.775. The summed E-state index contributed by atoms with van der Waals surface area (Å²) in [5.74, 6) is 0. The molecule has 46 valence electrons. The Hall–Kier alpha value is 0.310. The Labute approximate surface area is 43.2 Å². The van der Waals surface area contributed by atoms with E-state index < -0.39 is 13.6 Å². The second-order valence-electron chi connectivity index (χ2n) is 1.84. The van der Waals surface area contributed by atoms with Crippen LogP contribution >= 0.6 is 7.94 Å². The molecule has 0 aliphatic heterocycles. The van der Waals surface area contributed by atoms with Gasteiger partial charge < -0.3 is 0 Å². The summed E-state index contributed by atoms with van der Waals surface area (Å²) >= 11 is 0. The molecule has 0 radical (unpaired) electrons. The van der Waals surface area contributed by atoms with Crippen molar-refractivity contribution in [3.05, 3.63) is 0 Å². The summed E-state index contributed by atoms with van der Waals surface area (Å²) in [6, 6.07) is 0. The van der Waals surface area contributed by atoms with Gasteiger partial charge in [0.25, 0.3) is 0 Å². The van der Waals surface area contributed by atoms with Crippen LogP contribution in [0.3, 0.4) is 0 Å². The van der Waals surface area contributed by atoms with Crippen molar-refractivity contribution in [2.75, 3.05) is 0 Å². The molecule has 0 saturated heterocycles. The van der Waals surface area contributed by atoms with E-state index >= 15 is 0 Å². The fraction of sp³-hybridized carbons (Fsp3) is 1.00. The van der Waals surface area contributed by atoms with Crippen molar-refractivity contribution in [2.45, 2.75) is 19.5 Å². The molecule has 0 aliphatic rings. The molecule has 4 heteroatoms. The van der Waals surface area contributed by atoms with E-state index in [1.54, 1.807) is 13.8 Å². The van der Waals surface area contributed by atoms with E-state index in [9.17, 15) is 0 Å². The number of hydrogen-bond donors (Lipinski definition) is 3. The van der Waals surface area contributed by atoms with Crippen molar-refractivity contribution in [2.24, 2.45) is 0 Å². The van der Waals surface area contributed by atoms with Gasteiger partial charge in [-0.1, -0.05) is 0 Å². The molecule has 3 N–H and O–H groups in total. The molecule has 0 rings (SSSR count). The molecule has 0 amide bonds. The SMILES string of the molecule is CC(C)[PH](O)(O)O. The summed E-state index contributed by atoms with van der Waals surface area (Å²) in [6.07, 6.45) is 0. The normalized spacial score (nSPS) is 15.1. The first-order valence-electron chi connectivity index (χ1n) is 2.11. The van der Waals surface area contributed by atoms with Gasteiger partial charge in [-0.2, -0.15) is 0 Å². The molecule has 7 heavy (non-hydrogen) atoms. The van der Waals surface area contributed by atoms with Crippen molar-refractivity contribution in [3.8, 4) is 0 Å². The van der Waals surface area contributed by atoms with Gasteiger partial charge in [-0.05, 0) is 0 Å². The zero-order chi connectivity index (χ0) is 6.08. The molecule has 0 aromatic heterocycles. The summed E-state index contributed by atoms with van der Waals surface area (Å²) in [4.78, 5) is 25.0. The van der Waals surface area contributed by atoms with Crippen LogP contribution in [-0.4, -0.2) is 20.3 Å². The van der Waals surface area contributed by atoms with Gasteiger partial charge in [0.2, 0.25) is 0 Å². The molecule has 0 aliphatic carbocycles. The van der Waals surface area contributed by atoms with Crippen molar-refractivity contribution in [3.63, 3.8) is 0 Å². The van der Waals surface area contributed by atoms with E-state index in [1.807, 2.05) is 0 Å². The minimum absolute atomic E-state index is 0.396. The van der Waals surface area contributed by atoms with Gasteiger partial charge in [0, 0.05) is 0 Å². The summed E-state index contributed by atoms with van der Waals surface area (Å²) in [7, 11) is -3.73. The van der Waals surface area contributed by atoms with Crippen LogP contribution in [0.15, 0.2) is 0 Å². The average Bonchev–Trinajstić information content (AvgIpc) is 1.31. The fourth-order valence-electron chi connectivity index (χ4n) is 0. The first-order chi connectivity index (χ1) is 2.94. The summed E-state index contributed by atoms with van der Waals surface area (Å²) in [5.41, 5.74) is -0.396. The van der Waals surface area contributed by atoms with Gasteiger partial charge in [-0.25, -0.2) is 0 Å². The Bertz CT molecular complexity index is 55.7. The maximum atomic E-state index is 8.34. The standard InChI is InChI=1S/C3H11O3P/c1-3(2)7(4,5)6/h3-7H,1-2H3. The van der Waals surface area contributed by atoms with Crippen molar-refractivity contribution in [1.29, 1.82) is 0 Å². The number of rotatable bonds is 1. The molecule has 0 spiro atoms. The van der Waals surface area contributed by atoms with Gasteiger partial charge in [0.15, 0.2) is 0 Å². The Balaban J connectivity index is 3.54. The van der Waals surface area contributed by atoms with E-state index in [2.05, 4.69) is 0 Å². The third kappa shape index (κ3) is 2.94. The first kappa shape index (κ1) is 7.31. The van der Waals surface area contributed by atoms with Crippen LogP contribution in [0.25, 0.3) is 0 Å². The van der Waals surface area contributed by atoms with Crippen LogP contribution < -0.4 is 0 Å². The predicted molar refractivity (Wildman–Crippen MR) is 30.1 cm³/mol. The monoisotopic (exact) mass is 126 g/mol. The van der Waals surface area contributed by atoms with E-state index in [4.69, 9.17) is 14.7 Å². The van der Waals surface area contributed by atoms with Crippen molar-refractivity contribution >= 4 is 7.94 Å². The molecule has 0 unspecified atom stereocenters. The van der Waals surface area contributed by atoms with Crippen molar-refractivity contribution < 1.29 is 14.7 Å². The molecular formula is C3H11O3P. The molecular weight excluding hydrogens is 115 g/mol. The molecule has 0 aromatic rings. The van der Waals surface area contributed by atoms with Crippen LogP contribution in [-0.2, 0) is 0 Å². The van der Waals surface area contributed by atoms with E-state index in [0.29, 0.717) is 0 Å². The van der Waals surface area contributed by atoms with Crippen LogP contribution in [0.4, 0.5) is 0 Å². The second-order valence-corrected chi connectivity index (χ2v) is 4.37. The zero-order valence-electron chi connectivity index (χ0n) is 4.42. The third-order valence-corrected chi connectivity index (χ3v) is 2.32. The number of hydrogen-bond acceptors (Lipinski definition) is 3. The van der Waals surface area contributed by atoms with Gasteiger partial charge in [-0.3, -0.25) is 0 Å². The van der Waals surface area contributed by atoms with Gasteiger partial charge >= 0.3 is 42.1 Å². The molecule has 3 nitrogen and oxygen atoms in total. The Kier molecular flexibility index (Phi) is 2.14. The maximum absolute atomic E-state index is 8.34. The first-order valence-corrected chi connectivity index (χ1v) is 4.03. The van der Waals surface area contributed by atoms with Gasteiger partial charge in [0.1, 0.15) is 0 Å². The Morgan fingerprint density at radius 3 is 1.29 bits per heavy atom. The van der Waals surface area contributed by atoms with E-state index in [0.717, 1.165) is 0 Å². The van der Waals surface area contributed by atoms with Crippen LogP contribution in [0.1, 0.15) is 13.8 Å². The molecule has 0 aromatic carbocycles. The molecule has 0 fully saturated rings. The quantitative estimate of drug-likeness (QED) is 0.429. The Morgan fingerprint density at radius 1 is 1.14 bits per heavy atom. The molecule has 0 atom stereocenters. The predicted octanol–water partition coefficient (Wildman–Crippen LogP) is -0.133. The van der Waals surface area contributed by atoms with Gasteiger partial charge in [-0.15, -0.1) is 0 Å². The summed E-state index contributed by atoms with van der Waals surface area (Å²) in [6.45, 7) is 3.12. The summed E-state index contributed by atoms with van der Waals surface area (Å²) < 4.78 is 0. The average molecular weight is 126 g/mol. The topological polar surface area (TPSA) is 60.7 Å².